The van der Waals surface area contributed by atoms with Crippen molar-refractivity contribution in [3.63, 3.8) is 0 Å². The van der Waals surface area contributed by atoms with Crippen LogP contribution in [0.2, 0.25) is 0 Å². The molecule has 1 aliphatic heterocycles. The lowest BCUT2D eigenvalue weighted by Crippen LogP contribution is -2.16. The molecular formula is C14H14N2O3S. The molecule has 0 saturated heterocycles. The molecule has 3 rings (SSSR count). The molecule has 5 nitrogen and oxygen atoms in total. The number of carbonyl (C=O) groups is 1. The molecule has 1 aliphatic rings. The second-order valence-corrected chi connectivity index (χ2v) is 5.58. The molecule has 6 heteroatoms. The summed E-state index contributed by atoms with van der Waals surface area (Å²) in [5.41, 5.74) is 1.32. The average molecular weight is 290 g/mol. The molecule has 0 atom stereocenters. The van der Waals surface area contributed by atoms with E-state index in [0.717, 1.165) is 17.2 Å². The largest absolute Gasteiger partial charge is 0.486 e. The summed E-state index contributed by atoms with van der Waals surface area (Å²) in [6.07, 6.45) is 0. The third-order valence-corrected chi connectivity index (χ3v) is 3.81. The molecule has 0 radical (unpaired) electrons. The minimum atomic E-state index is -0.0688. The van der Waals surface area contributed by atoms with E-state index in [-0.39, 0.29) is 11.7 Å². The van der Waals surface area contributed by atoms with Gasteiger partial charge in [-0.15, -0.1) is 5.10 Å². The lowest BCUT2D eigenvalue weighted by atomic mass is 10.0. The molecule has 1 aromatic carbocycles. The van der Waals surface area contributed by atoms with Crippen LogP contribution in [0.4, 0.5) is 0 Å². The van der Waals surface area contributed by atoms with Gasteiger partial charge in [-0.3, -0.25) is 4.79 Å². The average Bonchev–Trinajstić information content (AvgIpc) is 2.95. The Hall–Kier alpha value is -1.95. The van der Waals surface area contributed by atoms with Crippen molar-refractivity contribution in [2.24, 2.45) is 0 Å². The first-order valence-electron chi connectivity index (χ1n) is 6.43. The first kappa shape index (κ1) is 13.1. The molecule has 2 heterocycles. The lowest BCUT2D eigenvalue weighted by Gasteiger charge is -2.18. The van der Waals surface area contributed by atoms with Crippen molar-refractivity contribution >= 4 is 17.3 Å². The van der Waals surface area contributed by atoms with Crippen molar-refractivity contribution in [1.82, 2.24) is 9.59 Å². The summed E-state index contributed by atoms with van der Waals surface area (Å²) in [7, 11) is 0. The summed E-state index contributed by atoms with van der Waals surface area (Å²) in [5, 5.41) is 4.04. The van der Waals surface area contributed by atoms with Crippen molar-refractivity contribution in [2.75, 3.05) is 13.2 Å². The number of ketones is 1. The summed E-state index contributed by atoms with van der Waals surface area (Å²) in [4.78, 5) is 13.1. The second-order valence-electron chi connectivity index (χ2n) is 4.83. The molecule has 1 aromatic heterocycles. The number of ether oxygens (including phenoxy) is 2. The Morgan fingerprint density at radius 1 is 1.25 bits per heavy atom. The third-order valence-electron chi connectivity index (χ3n) is 3.07. The maximum Gasteiger partial charge on any atom is 0.206 e. The minimum Gasteiger partial charge on any atom is -0.486 e. The van der Waals surface area contributed by atoms with E-state index in [0.29, 0.717) is 35.2 Å². The number of hydrogen-bond acceptors (Lipinski definition) is 6. The van der Waals surface area contributed by atoms with Crippen LogP contribution in [0.5, 0.6) is 11.5 Å². The van der Waals surface area contributed by atoms with E-state index in [2.05, 4.69) is 9.59 Å². The van der Waals surface area contributed by atoms with Crippen molar-refractivity contribution < 1.29 is 14.3 Å². The number of rotatable bonds is 3. The van der Waals surface area contributed by atoms with Crippen LogP contribution < -0.4 is 9.47 Å². The Labute approximate surface area is 120 Å². The van der Waals surface area contributed by atoms with Gasteiger partial charge >= 0.3 is 0 Å². The second kappa shape index (κ2) is 5.20. The number of nitrogens with zero attached hydrogens (tertiary/aromatic N) is 2. The van der Waals surface area contributed by atoms with Crippen LogP contribution in [0.3, 0.4) is 0 Å². The number of aromatic nitrogens is 2. The Bertz CT molecular complexity index is 652. The van der Waals surface area contributed by atoms with Crippen LogP contribution in [-0.4, -0.2) is 28.6 Å². The molecule has 104 valence electrons. The quantitative estimate of drug-likeness (QED) is 0.813. The van der Waals surface area contributed by atoms with Gasteiger partial charge in [0, 0.05) is 5.56 Å². The fraction of sp³-hybridized carbons (Fsp3) is 0.357. The van der Waals surface area contributed by atoms with Crippen LogP contribution in [0.25, 0.3) is 0 Å². The number of carbonyl (C=O) groups excluding carboxylic acids is 1. The Kier molecular flexibility index (Phi) is 3.40. The minimum absolute atomic E-state index is 0.0688. The standard InChI is InChI=1S/C14H14N2O3S/c1-8(2)12-14(20-16-15-12)13(17)9-3-4-10-11(7-9)19-6-5-18-10/h3-4,7-8H,5-6H2,1-2H3. The molecule has 0 unspecified atom stereocenters. The van der Waals surface area contributed by atoms with E-state index >= 15 is 0 Å². The first-order valence-corrected chi connectivity index (χ1v) is 7.20. The predicted molar refractivity (Wildman–Crippen MR) is 74.9 cm³/mol. The van der Waals surface area contributed by atoms with Gasteiger partial charge in [-0.25, -0.2) is 0 Å². The molecule has 0 amide bonds. The Balaban J connectivity index is 1.96. The van der Waals surface area contributed by atoms with E-state index in [1.807, 2.05) is 13.8 Å². The number of fused-ring (bicyclic) bond motifs is 1. The summed E-state index contributed by atoms with van der Waals surface area (Å²) >= 11 is 1.14. The number of hydrogen-bond donors (Lipinski definition) is 0. The molecule has 2 aromatic rings. The summed E-state index contributed by atoms with van der Waals surface area (Å²) in [6, 6.07) is 5.24. The zero-order valence-corrected chi connectivity index (χ0v) is 12.1. The zero-order valence-electron chi connectivity index (χ0n) is 11.3. The van der Waals surface area contributed by atoms with Gasteiger partial charge in [0.25, 0.3) is 0 Å². The van der Waals surface area contributed by atoms with Crippen LogP contribution in [0, 0.1) is 0 Å². The summed E-state index contributed by atoms with van der Waals surface area (Å²) in [6.45, 7) is 5.04. The van der Waals surface area contributed by atoms with Crippen molar-refractivity contribution in [3.8, 4) is 11.5 Å². The van der Waals surface area contributed by atoms with Crippen molar-refractivity contribution in [3.05, 3.63) is 34.3 Å². The van der Waals surface area contributed by atoms with Crippen LogP contribution in [0.15, 0.2) is 18.2 Å². The predicted octanol–water partition coefficient (Wildman–Crippen LogP) is 2.66. The fourth-order valence-electron chi connectivity index (χ4n) is 2.05. The third kappa shape index (κ3) is 2.27. The van der Waals surface area contributed by atoms with Gasteiger partial charge in [-0.2, -0.15) is 0 Å². The molecule has 0 saturated carbocycles. The van der Waals surface area contributed by atoms with Crippen molar-refractivity contribution in [1.29, 1.82) is 0 Å². The first-order chi connectivity index (χ1) is 9.66. The van der Waals surface area contributed by atoms with E-state index in [4.69, 9.17) is 9.47 Å². The smallest absolute Gasteiger partial charge is 0.206 e. The molecule has 0 fully saturated rings. The zero-order chi connectivity index (χ0) is 14.1. The normalized spacial score (nSPS) is 13.6. The van der Waals surface area contributed by atoms with Gasteiger partial charge in [-0.05, 0) is 35.6 Å². The van der Waals surface area contributed by atoms with Gasteiger partial charge in [0.15, 0.2) is 11.5 Å². The Morgan fingerprint density at radius 3 is 2.75 bits per heavy atom. The molecule has 20 heavy (non-hydrogen) atoms. The van der Waals surface area contributed by atoms with Gasteiger partial charge in [0.2, 0.25) is 5.78 Å². The SMILES string of the molecule is CC(C)c1nnsc1C(=O)c1ccc2c(c1)OCCO2. The van der Waals surface area contributed by atoms with Crippen molar-refractivity contribution in [2.45, 2.75) is 19.8 Å². The maximum atomic E-state index is 12.6. The van der Waals surface area contributed by atoms with Gasteiger partial charge < -0.3 is 9.47 Å². The monoisotopic (exact) mass is 290 g/mol. The fourth-order valence-corrected chi connectivity index (χ4v) is 2.83. The van der Waals surface area contributed by atoms with Gasteiger partial charge in [0.05, 0.1) is 5.69 Å². The molecule has 0 aliphatic carbocycles. The molecular weight excluding hydrogens is 276 g/mol. The van der Waals surface area contributed by atoms with Crippen LogP contribution >= 0.6 is 11.5 Å². The summed E-state index contributed by atoms with van der Waals surface area (Å²) < 4.78 is 14.8. The molecule has 0 bridgehead atoms. The van der Waals surface area contributed by atoms with Crippen LogP contribution in [0.1, 0.15) is 40.7 Å². The Morgan fingerprint density at radius 2 is 2.00 bits per heavy atom. The van der Waals surface area contributed by atoms with Gasteiger partial charge in [-0.1, -0.05) is 18.3 Å². The van der Waals surface area contributed by atoms with E-state index in [9.17, 15) is 4.79 Å². The van der Waals surface area contributed by atoms with Crippen LogP contribution in [-0.2, 0) is 0 Å². The molecule has 0 N–H and O–H groups in total. The highest BCUT2D eigenvalue weighted by Gasteiger charge is 2.22. The van der Waals surface area contributed by atoms with E-state index in [1.54, 1.807) is 18.2 Å². The molecule has 0 spiro atoms. The van der Waals surface area contributed by atoms with Gasteiger partial charge in [0.1, 0.15) is 18.1 Å². The highest BCUT2D eigenvalue weighted by molar-refractivity contribution is 7.08. The van der Waals surface area contributed by atoms with E-state index in [1.165, 1.54) is 0 Å². The maximum absolute atomic E-state index is 12.6. The highest BCUT2D eigenvalue weighted by Crippen LogP contribution is 2.32. The number of benzene rings is 1. The highest BCUT2D eigenvalue weighted by atomic mass is 32.1. The van der Waals surface area contributed by atoms with E-state index < -0.39 is 0 Å². The summed E-state index contributed by atoms with van der Waals surface area (Å²) in [5.74, 6) is 1.40. The lowest BCUT2D eigenvalue weighted by molar-refractivity contribution is 0.104. The topological polar surface area (TPSA) is 61.3 Å².